The van der Waals surface area contributed by atoms with Crippen molar-refractivity contribution in [3.8, 4) is 17.4 Å². The maximum Gasteiger partial charge on any atom is 0.263 e. The van der Waals surface area contributed by atoms with Crippen LogP contribution in [0.15, 0.2) is 30.7 Å². The van der Waals surface area contributed by atoms with Crippen molar-refractivity contribution in [3.63, 3.8) is 0 Å². The van der Waals surface area contributed by atoms with E-state index in [2.05, 4.69) is 46.4 Å². The molecule has 0 spiro atoms. The van der Waals surface area contributed by atoms with Crippen molar-refractivity contribution < 1.29 is 9.53 Å². The molecule has 0 aliphatic carbocycles. The first-order valence-corrected chi connectivity index (χ1v) is 8.06. The molecule has 0 atom stereocenters. The van der Waals surface area contributed by atoms with E-state index in [1.165, 1.54) is 11.8 Å². The molecule has 9 heteroatoms. The lowest BCUT2D eigenvalue weighted by Gasteiger charge is -2.22. The van der Waals surface area contributed by atoms with Gasteiger partial charge < -0.3 is 14.6 Å². The third kappa shape index (κ3) is 3.41. The summed E-state index contributed by atoms with van der Waals surface area (Å²) in [5, 5.41) is 15.0. The Morgan fingerprint density at radius 1 is 1.27 bits per heavy atom. The number of hydrogen-bond donors (Lipinski definition) is 1. The van der Waals surface area contributed by atoms with Crippen molar-refractivity contribution >= 4 is 11.7 Å². The van der Waals surface area contributed by atoms with Gasteiger partial charge in [-0.15, -0.1) is 15.3 Å². The zero-order chi connectivity index (χ0) is 18.9. The number of aromatic nitrogens is 6. The second kappa shape index (κ2) is 6.58. The van der Waals surface area contributed by atoms with E-state index in [9.17, 15) is 4.79 Å². The standard InChI is InChI=1S/C17H21N7O2/c1-17(2,3)24-10-18-21-14(24)12-7-6-8-13(19-12)20-15(25)11-9-23(4)22-16(11)26-5/h6-10H,1-5H3,(H,19,20,25). The van der Waals surface area contributed by atoms with E-state index in [4.69, 9.17) is 4.74 Å². The molecular weight excluding hydrogens is 334 g/mol. The normalized spacial score (nSPS) is 11.4. The van der Waals surface area contributed by atoms with Crippen LogP contribution in [0.3, 0.4) is 0 Å². The molecular formula is C17H21N7O2. The highest BCUT2D eigenvalue weighted by Crippen LogP contribution is 2.23. The van der Waals surface area contributed by atoms with Gasteiger partial charge in [0.2, 0.25) is 5.88 Å². The van der Waals surface area contributed by atoms with E-state index < -0.39 is 0 Å². The average Bonchev–Trinajstić information content (AvgIpc) is 3.21. The van der Waals surface area contributed by atoms with E-state index in [-0.39, 0.29) is 17.3 Å². The van der Waals surface area contributed by atoms with Gasteiger partial charge in [0.25, 0.3) is 5.91 Å². The molecule has 26 heavy (non-hydrogen) atoms. The van der Waals surface area contributed by atoms with Gasteiger partial charge in [-0.05, 0) is 32.9 Å². The Bertz CT molecular complexity index is 937. The Balaban J connectivity index is 1.89. The summed E-state index contributed by atoms with van der Waals surface area (Å²) in [5.74, 6) is 0.944. The number of carbonyl (C=O) groups is 1. The van der Waals surface area contributed by atoms with E-state index in [1.54, 1.807) is 31.7 Å². The molecule has 9 nitrogen and oxygen atoms in total. The fourth-order valence-electron chi connectivity index (χ4n) is 2.49. The van der Waals surface area contributed by atoms with Crippen LogP contribution in [0.2, 0.25) is 0 Å². The Kier molecular flexibility index (Phi) is 4.45. The summed E-state index contributed by atoms with van der Waals surface area (Å²) in [4.78, 5) is 17.0. The van der Waals surface area contributed by atoms with Crippen LogP contribution in [-0.2, 0) is 12.6 Å². The Hall–Kier alpha value is -3.23. The van der Waals surface area contributed by atoms with E-state index in [0.717, 1.165) is 0 Å². The Morgan fingerprint density at radius 2 is 2.04 bits per heavy atom. The summed E-state index contributed by atoms with van der Waals surface area (Å²) in [7, 11) is 3.19. The van der Waals surface area contributed by atoms with Crippen molar-refractivity contribution in [2.24, 2.45) is 7.05 Å². The molecule has 0 fully saturated rings. The van der Waals surface area contributed by atoms with Gasteiger partial charge in [0.15, 0.2) is 5.82 Å². The number of nitrogens with one attached hydrogen (secondary N) is 1. The number of amides is 1. The molecule has 1 amide bonds. The lowest BCUT2D eigenvalue weighted by Crippen LogP contribution is -2.22. The molecule has 0 aliphatic heterocycles. The number of aryl methyl sites for hydroxylation is 1. The van der Waals surface area contributed by atoms with Gasteiger partial charge in [-0.25, -0.2) is 4.98 Å². The Labute approximate surface area is 151 Å². The molecule has 3 heterocycles. The van der Waals surface area contributed by atoms with Gasteiger partial charge in [-0.2, -0.15) is 0 Å². The molecule has 0 bridgehead atoms. The smallest absolute Gasteiger partial charge is 0.263 e. The molecule has 0 saturated carbocycles. The predicted octanol–water partition coefficient (Wildman–Crippen LogP) is 2.09. The average molecular weight is 355 g/mol. The summed E-state index contributed by atoms with van der Waals surface area (Å²) in [6.07, 6.45) is 3.26. The number of nitrogens with zero attached hydrogens (tertiary/aromatic N) is 6. The van der Waals surface area contributed by atoms with Crippen molar-refractivity contribution in [1.82, 2.24) is 29.5 Å². The minimum Gasteiger partial charge on any atom is -0.479 e. The van der Waals surface area contributed by atoms with Crippen LogP contribution in [-0.4, -0.2) is 42.5 Å². The lowest BCUT2D eigenvalue weighted by molar-refractivity contribution is 0.102. The summed E-state index contributed by atoms with van der Waals surface area (Å²) in [6.45, 7) is 6.17. The SMILES string of the molecule is COc1nn(C)cc1C(=O)Nc1cccc(-c2nncn2C(C)(C)C)n1. The summed E-state index contributed by atoms with van der Waals surface area (Å²) >= 11 is 0. The van der Waals surface area contributed by atoms with Crippen molar-refractivity contribution in [3.05, 3.63) is 36.3 Å². The molecule has 0 saturated heterocycles. The molecule has 3 aromatic rings. The minimum atomic E-state index is -0.350. The van der Waals surface area contributed by atoms with Gasteiger partial charge in [-0.1, -0.05) is 6.07 Å². The summed E-state index contributed by atoms with van der Waals surface area (Å²) in [5.41, 5.74) is 0.761. The predicted molar refractivity (Wildman–Crippen MR) is 96.0 cm³/mol. The third-order valence-electron chi connectivity index (χ3n) is 3.72. The van der Waals surface area contributed by atoms with Crippen LogP contribution in [0.25, 0.3) is 11.5 Å². The van der Waals surface area contributed by atoms with Gasteiger partial charge in [-0.3, -0.25) is 9.48 Å². The summed E-state index contributed by atoms with van der Waals surface area (Å²) in [6, 6.07) is 5.34. The van der Waals surface area contributed by atoms with Crippen LogP contribution in [0.4, 0.5) is 5.82 Å². The fourth-order valence-corrected chi connectivity index (χ4v) is 2.49. The van der Waals surface area contributed by atoms with Crippen molar-refractivity contribution in [2.75, 3.05) is 12.4 Å². The van der Waals surface area contributed by atoms with Gasteiger partial charge in [0, 0.05) is 18.8 Å². The molecule has 0 aromatic carbocycles. The first kappa shape index (κ1) is 17.6. The van der Waals surface area contributed by atoms with Gasteiger partial charge in [0.05, 0.1) is 7.11 Å². The zero-order valence-corrected chi connectivity index (χ0v) is 15.4. The number of ether oxygens (including phenoxy) is 1. The molecule has 0 unspecified atom stereocenters. The quantitative estimate of drug-likeness (QED) is 0.769. The number of carbonyl (C=O) groups excluding carboxylic acids is 1. The molecule has 3 rings (SSSR count). The van der Waals surface area contributed by atoms with E-state index in [1.807, 2.05) is 10.6 Å². The lowest BCUT2D eigenvalue weighted by atomic mass is 10.1. The van der Waals surface area contributed by atoms with Crippen molar-refractivity contribution in [2.45, 2.75) is 26.3 Å². The second-order valence-corrected chi connectivity index (χ2v) is 6.78. The van der Waals surface area contributed by atoms with Gasteiger partial charge >= 0.3 is 0 Å². The third-order valence-corrected chi connectivity index (χ3v) is 3.72. The molecule has 0 aliphatic rings. The molecule has 3 aromatic heterocycles. The van der Waals surface area contributed by atoms with Crippen LogP contribution in [0.5, 0.6) is 5.88 Å². The van der Waals surface area contributed by atoms with E-state index in [0.29, 0.717) is 22.9 Å². The maximum atomic E-state index is 12.5. The summed E-state index contributed by atoms with van der Waals surface area (Å²) < 4.78 is 8.58. The van der Waals surface area contributed by atoms with Gasteiger partial charge in [0.1, 0.15) is 23.4 Å². The number of pyridine rings is 1. The highest BCUT2D eigenvalue weighted by atomic mass is 16.5. The Morgan fingerprint density at radius 3 is 2.73 bits per heavy atom. The highest BCUT2D eigenvalue weighted by Gasteiger charge is 2.21. The largest absolute Gasteiger partial charge is 0.479 e. The van der Waals surface area contributed by atoms with Crippen LogP contribution < -0.4 is 10.1 Å². The highest BCUT2D eigenvalue weighted by molar-refractivity contribution is 6.05. The fraction of sp³-hybridized carbons (Fsp3) is 0.353. The maximum absolute atomic E-state index is 12.5. The minimum absolute atomic E-state index is 0.192. The monoisotopic (exact) mass is 355 g/mol. The van der Waals surface area contributed by atoms with Crippen LogP contribution in [0, 0.1) is 0 Å². The molecule has 0 radical (unpaired) electrons. The topological polar surface area (TPSA) is 99.8 Å². The zero-order valence-electron chi connectivity index (χ0n) is 15.4. The van der Waals surface area contributed by atoms with E-state index >= 15 is 0 Å². The number of methoxy groups -OCH3 is 1. The van der Waals surface area contributed by atoms with Crippen LogP contribution in [0.1, 0.15) is 31.1 Å². The number of hydrogen-bond acceptors (Lipinski definition) is 6. The van der Waals surface area contributed by atoms with Crippen LogP contribution >= 0.6 is 0 Å². The number of anilines is 1. The second-order valence-electron chi connectivity index (χ2n) is 6.78. The molecule has 1 N–H and O–H groups in total. The first-order chi connectivity index (χ1) is 12.3. The first-order valence-electron chi connectivity index (χ1n) is 8.06. The molecule has 136 valence electrons. The number of rotatable bonds is 4. The van der Waals surface area contributed by atoms with Crippen molar-refractivity contribution in [1.29, 1.82) is 0 Å².